The number of fused-ring (bicyclic) bond motifs is 9. The zero-order valence-electron chi connectivity index (χ0n) is 28.9. The lowest BCUT2D eigenvalue weighted by Gasteiger charge is -2.41. The van der Waals surface area contributed by atoms with Crippen LogP contribution < -0.4 is 15.3 Å². The van der Waals surface area contributed by atoms with Crippen LogP contribution in [0.1, 0.15) is 43.4 Å². The summed E-state index contributed by atoms with van der Waals surface area (Å²) in [5.41, 5.74) is 15.0. The van der Waals surface area contributed by atoms with Gasteiger partial charge in [0.1, 0.15) is 8.07 Å². The Morgan fingerprint density at radius 3 is 1.96 bits per heavy atom. The maximum Gasteiger partial charge on any atom is 0.123 e. The van der Waals surface area contributed by atoms with Crippen LogP contribution in [0.5, 0.6) is 0 Å². The number of nitrogens with zero attached hydrogens (tertiary/aromatic N) is 1. The van der Waals surface area contributed by atoms with E-state index in [2.05, 4.69) is 160 Å². The molecular weight excluding hydrogens is 607 g/mol. The molecule has 1 fully saturated rings. The highest BCUT2D eigenvalue weighted by Gasteiger charge is 2.46. The van der Waals surface area contributed by atoms with E-state index in [0.29, 0.717) is 0 Å². The Kier molecular flexibility index (Phi) is 6.10. The molecule has 0 bridgehead atoms. The van der Waals surface area contributed by atoms with Crippen LogP contribution in [0, 0.1) is 6.92 Å². The smallest absolute Gasteiger partial charge is 0.123 e. The van der Waals surface area contributed by atoms with Gasteiger partial charge in [-0.15, -0.1) is 0 Å². The third-order valence-electron chi connectivity index (χ3n) is 12.5. The van der Waals surface area contributed by atoms with Crippen molar-refractivity contribution < 1.29 is 0 Å². The molecule has 2 heteroatoms. The number of para-hydroxylation sites is 1. The number of anilines is 2. The summed E-state index contributed by atoms with van der Waals surface area (Å²) in [5, 5.41) is 8.59. The summed E-state index contributed by atoms with van der Waals surface area (Å²) < 4.78 is 0. The van der Waals surface area contributed by atoms with Crippen LogP contribution in [-0.2, 0) is 5.41 Å². The second-order valence-electron chi connectivity index (χ2n) is 15.4. The molecule has 0 saturated carbocycles. The molecule has 1 saturated heterocycles. The SMILES string of the molecule is Cc1ccc2c(-c3ccc4c(c3)N(C)c3ccccc3[Si]43CCCC3)c3ccccc3c(-c3ccc4c(c3)C(C)(C)c3ccccc3-4)c2c1. The Labute approximate surface area is 290 Å². The average Bonchev–Trinajstić information content (AvgIpc) is 3.71. The fraction of sp³-hybridized carbons (Fsp3) is 0.191. The molecule has 0 aromatic heterocycles. The summed E-state index contributed by atoms with van der Waals surface area (Å²) in [4.78, 5) is 2.48. The Bertz CT molecular complexity index is 2510. The van der Waals surface area contributed by atoms with Gasteiger partial charge in [-0.1, -0.05) is 141 Å². The number of aryl methyl sites for hydroxylation is 1. The van der Waals surface area contributed by atoms with Gasteiger partial charge in [0.25, 0.3) is 0 Å². The van der Waals surface area contributed by atoms with Gasteiger partial charge in [-0.25, -0.2) is 0 Å². The van der Waals surface area contributed by atoms with Crippen molar-refractivity contribution in [2.75, 3.05) is 11.9 Å². The first-order chi connectivity index (χ1) is 23.9. The van der Waals surface area contributed by atoms with Crippen LogP contribution >= 0.6 is 0 Å². The standard InChI is InChI=1S/C47H41NSi/c1-30-19-22-37-38(27-30)46(31-20-23-34-33-13-7-8-16-39(33)47(2,3)40(34)28-31)36-15-6-5-14-35(36)45(37)32-21-24-44-42(29-32)48(4)41-17-9-10-18-43(41)49(44)25-11-12-26-49/h5-10,13-24,27-29H,11-12,25-26H2,1-4H3. The summed E-state index contributed by atoms with van der Waals surface area (Å²) in [7, 11) is 0.506. The molecule has 238 valence electrons. The first kappa shape index (κ1) is 29.0. The van der Waals surface area contributed by atoms with E-state index in [1.807, 2.05) is 0 Å². The Morgan fingerprint density at radius 2 is 1.14 bits per heavy atom. The molecule has 0 amide bonds. The number of hydrogen-bond acceptors (Lipinski definition) is 1. The summed E-state index contributed by atoms with van der Waals surface area (Å²) >= 11 is 0. The van der Waals surface area contributed by atoms with Crippen molar-refractivity contribution in [2.24, 2.45) is 0 Å². The fourth-order valence-corrected chi connectivity index (χ4v) is 15.7. The first-order valence-corrected chi connectivity index (χ1v) is 20.5. The zero-order chi connectivity index (χ0) is 33.1. The number of rotatable bonds is 2. The summed E-state index contributed by atoms with van der Waals surface area (Å²) in [6.45, 7) is 7.00. The van der Waals surface area contributed by atoms with Crippen LogP contribution in [0.3, 0.4) is 0 Å². The van der Waals surface area contributed by atoms with E-state index in [4.69, 9.17) is 0 Å². The molecule has 10 rings (SSSR count). The lowest BCUT2D eigenvalue weighted by molar-refractivity contribution is 0.660. The molecule has 49 heavy (non-hydrogen) atoms. The van der Waals surface area contributed by atoms with E-state index in [1.165, 1.54) is 108 Å². The van der Waals surface area contributed by atoms with Crippen molar-refractivity contribution in [3.63, 3.8) is 0 Å². The van der Waals surface area contributed by atoms with Gasteiger partial charge in [-0.05, 0) is 114 Å². The lowest BCUT2D eigenvalue weighted by Crippen LogP contribution is -2.61. The molecule has 2 aliphatic heterocycles. The van der Waals surface area contributed by atoms with Crippen molar-refractivity contribution in [2.45, 2.75) is 51.1 Å². The molecule has 0 N–H and O–H groups in total. The van der Waals surface area contributed by atoms with Gasteiger partial charge in [0.05, 0.1) is 0 Å². The van der Waals surface area contributed by atoms with Crippen molar-refractivity contribution >= 4 is 51.4 Å². The Morgan fingerprint density at radius 1 is 0.531 bits per heavy atom. The second-order valence-corrected chi connectivity index (χ2v) is 19.6. The monoisotopic (exact) mass is 647 g/mol. The number of hydrogen-bond donors (Lipinski definition) is 0. The Balaban J connectivity index is 1.23. The van der Waals surface area contributed by atoms with Gasteiger partial charge in [-0.2, -0.15) is 0 Å². The first-order valence-electron chi connectivity index (χ1n) is 18.0. The van der Waals surface area contributed by atoms with Crippen molar-refractivity contribution in [1.82, 2.24) is 0 Å². The molecule has 1 spiro atoms. The number of benzene rings is 7. The average molecular weight is 648 g/mol. The van der Waals surface area contributed by atoms with E-state index < -0.39 is 8.07 Å². The molecule has 0 unspecified atom stereocenters. The molecule has 7 aromatic rings. The van der Waals surface area contributed by atoms with Crippen LogP contribution in [0.15, 0.2) is 127 Å². The van der Waals surface area contributed by atoms with Crippen LogP contribution in [-0.4, -0.2) is 15.1 Å². The van der Waals surface area contributed by atoms with Gasteiger partial charge in [0.15, 0.2) is 0 Å². The molecular formula is C47H41NSi. The Hall–Kier alpha value is -4.92. The quantitative estimate of drug-likeness (QED) is 0.133. The summed E-state index contributed by atoms with van der Waals surface area (Å²) in [6.07, 6.45) is 2.71. The molecule has 7 aromatic carbocycles. The maximum atomic E-state index is 2.54. The van der Waals surface area contributed by atoms with Crippen molar-refractivity contribution in [1.29, 1.82) is 0 Å². The third-order valence-corrected chi connectivity index (χ3v) is 17.8. The van der Waals surface area contributed by atoms with E-state index in [0.717, 1.165) is 0 Å². The molecule has 1 nitrogen and oxygen atoms in total. The van der Waals surface area contributed by atoms with Crippen LogP contribution in [0.4, 0.5) is 11.4 Å². The minimum Gasteiger partial charge on any atom is -0.345 e. The predicted molar refractivity (Wildman–Crippen MR) is 213 cm³/mol. The molecule has 0 atom stereocenters. The maximum absolute atomic E-state index is 2.54. The van der Waals surface area contributed by atoms with Crippen molar-refractivity contribution in [3.8, 4) is 33.4 Å². The summed E-state index contributed by atoms with van der Waals surface area (Å²) in [5.74, 6) is 0. The minimum absolute atomic E-state index is 0.0445. The topological polar surface area (TPSA) is 3.24 Å². The highest BCUT2D eigenvalue weighted by Crippen LogP contribution is 2.51. The van der Waals surface area contributed by atoms with Gasteiger partial charge < -0.3 is 4.90 Å². The predicted octanol–water partition coefficient (Wildman–Crippen LogP) is 11.4. The van der Waals surface area contributed by atoms with Crippen molar-refractivity contribution in [3.05, 3.63) is 144 Å². The fourth-order valence-electron chi connectivity index (χ4n) is 10.1. The van der Waals surface area contributed by atoms with E-state index in [9.17, 15) is 0 Å². The van der Waals surface area contributed by atoms with E-state index in [-0.39, 0.29) is 5.41 Å². The van der Waals surface area contributed by atoms with E-state index in [1.54, 1.807) is 10.4 Å². The van der Waals surface area contributed by atoms with Gasteiger partial charge in [0, 0.05) is 23.8 Å². The normalized spacial score (nSPS) is 16.5. The van der Waals surface area contributed by atoms with Gasteiger partial charge in [0.2, 0.25) is 0 Å². The van der Waals surface area contributed by atoms with E-state index >= 15 is 0 Å². The van der Waals surface area contributed by atoms with Gasteiger partial charge >= 0.3 is 0 Å². The largest absolute Gasteiger partial charge is 0.345 e. The molecule has 2 heterocycles. The molecule has 1 aliphatic carbocycles. The zero-order valence-corrected chi connectivity index (χ0v) is 29.9. The second kappa shape index (κ2) is 10.3. The van der Waals surface area contributed by atoms with Crippen LogP contribution in [0.25, 0.3) is 54.9 Å². The highest BCUT2D eigenvalue weighted by atomic mass is 28.3. The highest BCUT2D eigenvalue weighted by molar-refractivity contribution is 7.04. The minimum atomic E-state index is -1.78. The van der Waals surface area contributed by atoms with Crippen LogP contribution in [0.2, 0.25) is 12.1 Å². The lowest BCUT2D eigenvalue weighted by atomic mass is 9.80. The summed E-state index contributed by atoms with van der Waals surface area (Å²) in [6, 6.07) is 52.0. The van der Waals surface area contributed by atoms with Gasteiger partial charge in [-0.3, -0.25) is 0 Å². The third kappa shape index (κ3) is 3.93. The molecule has 0 radical (unpaired) electrons. The molecule has 3 aliphatic rings.